The second-order valence-electron chi connectivity index (χ2n) is 3.62. The van der Waals surface area contributed by atoms with E-state index in [-0.39, 0.29) is 5.78 Å². The summed E-state index contributed by atoms with van der Waals surface area (Å²) < 4.78 is 0.886. The van der Waals surface area contributed by atoms with Crippen LogP contribution in [0, 0.1) is 0 Å². The van der Waals surface area contributed by atoms with Crippen molar-refractivity contribution in [3.8, 4) is 0 Å². The molecular formula is C13H9BrClNOS. The number of pyridine rings is 1. The number of ketones is 1. The molecule has 5 heteroatoms. The molecule has 0 aliphatic rings. The third-order valence-electron chi connectivity index (χ3n) is 2.25. The van der Waals surface area contributed by atoms with Gasteiger partial charge in [-0.05, 0) is 47.1 Å². The van der Waals surface area contributed by atoms with Gasteiger partial charge in [-0.3, -0.25) is 4.79 Å². The first-order valence-corrected chi connectivity index (χ1v) is 7.15. The van der Waals surface area contributed by atoms with E-state index in [4.69, 9.17) is 11.6 Å². The Hall–Kier alpha value is -0.840. The van der Waals surface area contributed by atoms with Crippen molar-refractivity contribution in [2.24, 2.45) is 0 Å². The summed E-state index contributed by atoms with van der Waals surface area (Å²) in [5.74, 6) is 0.0527. The van der Waals surface area contributed by atoms with Gasteiger partial charge in [0.05, 0.1) is 5.02 Å². The van der Waals surface area contributed by atoms with Crippen LogP contribution in [0.4, 0.5) is 0 Å². The molecule has 0 atom stereocenters. The van der Waals surface area contributed by atoms with E-state index in [1.807, 2.05) is 24.3 Å². The molecule has 0 saturated heterocycles. The lowest BCUT2D eigenvalue weighted by molar-refractivity contribution is 0.101. The molecule has 2 rings (SSSR count). The molecule has 0 fully saturated rings. The molecule has 0 bridgehead atoms. The molecule has 1 aromatic heterocycles. The van der Waals surface area contributed by atoms with Crippen molar-refractivity contribution in [1.82, 2.24) is 4.98 Å². The van der Waals surface area contributed by atoms with Gasteiger partial charge >= 0.3 is 0 Å². The highest BCUT2D eigenvalue weighted by Crippen LogP contribution is 2.33. The van der Waals surface area contributed by atoms with Crippen LogP contribution in [0.5, 0.6) is 0 Å². The summed E-state index contributed by atoms with van der Waals surface area (Å²) in [5, 5.41) is 1.47. The number of carbonyl (C=O) groups is 1. The van der Waals surface area contributed by atoms with Crippen LogP contribution in [0.25, 0.3) is 0 Å². The fourth-order valence-electron chi connectivity index (χ4n) is 1.34. The van der Waals surface area contributed by atoms with Gasteiger partial charge in [-0.15, -0.1) is 0 Å². The number of carbonyl (C=O) groups excluding carboxylic acids is 1. The van der Waals surface area contributed by atoms with Crippen molar-refractivity contribution in [2.45, 2.75) is 16.8 Å². The number of aromatic nitrogens is 1. The minimum Gasteiger partial charge on any atom is -0.295 e. The fourth-order valence-corrected chi connectivity index (χ4v) is 2.83. The average Bonchev–Trinajstić information content (AvgIpc) is 2.34. The average molecular weight is 343 g/mol. The summed E-state index contributed by atoms with van der Waals surface area (Å²) in [6.07, 6.45) is 1.61. The number of Topliss-reactive ketones (excluding diaryl/α,β-unsaturated/α-hetero) is 1. The summed E-state index contributed by atoms with van der Waals surface area (Å²) >= 11 is 10.8. The van der Waals surface area contributed by atoms with Crippen LogP contribution in [0.15, 0.2) is 50.9 Å². The van der Waals surface area contributed by atoms with Gasteiger partial charge in [0, 0.05) is 21.1 Å². The predicted molar refractivity (Wildman–Crippen MR) is 77.5 cm³/mol. The minimum absolute atomic E-state index is 0.0527. The maximum Gasteiger partial charge on any atom is 0.159 e. The van der Waals surface area contributed by atoms with E-state index in [1.54, 1.807) is 19.2 Å². The topological polar surface area (TPSA) is 30.0 Å². The molecular weight excluding hydrogens is 334 g/mol. The molecule has 0 saturated carbocycles. The first kappa shape index (κ1) is 13.6. The van der Waals surface area contributed by atoms with Gasteiger partial charge in [0.2, 0.25) is 0 Å². The molecule has 92 valence electrons. The molecule has 0 radical (unpaired) electrons. The molecule has 1 aromatic carbocycles. The standard InChI is InChI=1S/C13H9BrClNOS/c1-8(17)9-2-4-12(11(14)6-9)18-13-5-3-10(15)7-16-13/h2-7H,1H3. The van der Waals surface area contributed by atoms with Gasteiger partial charge in [0.15, 0.2) is 5.78 Å². The summed E-state index contributed by atoms with van der Waals surface area (Å²) in [6.45, 7) is 1.55. The smallest absolute Gasteiger partial charge is 0.159 e. The molecule has 0 N–H and O–H groups in total. The van der Waals surface area contributed by atoms with Crippen LogP contribution in [-0.4, -0.2) is 10.8 Å². The van der Waals surface area contributed by atoms with Crippen LogP contribution in [0.1, 0.15) is 17.3 Å². The largest absolute Gasteiger partial charge is 0.295 e. The van der Waals surface area contributed by atoms with Gasteiger partial charge in [0.25, 0.3) is 0 Å². The molecule has 0 amide bonds. The second-order valence-corrected chi connectivity index (χ2v) is 5.97. The second kappa shape index (κ2) is 5.87. The normalized spacial score (nSPS) is 10.4. The number of benzene rings is 1. The quantitative estimate of drug-likeness (QED) is 0.747. The summed E-state index contributed by atoms with van der Waals surface area (Å²) in [7, 11) is 0. The summed E-state index contributed by atoms with van der Waals surface area (Å²) in [5.41, 5.74) is 0.690. The lowest BCUT2D eigenvalue weighted by Gasteiger charge is -2.05. The zero-order valence-corrected chi connectivity index (χ0v) is 12.6. The van der Waals surface area contributed by atoms with E-state index in [2.05, 4.69) is 20.9 Å². The Morgan fingerprint density at radius 2 is 2.11 bits per heavy atom. The summed E-state index contributed by atoms with van der Waals surface area (Å²) in [4.78, 5) is 16.5. The van der Waals surface area contributed by atoms with Crippen molar-refractivity contribution in [3.05, 3.63) is 51.6 Å². The number of hydrogen-bond acceptors (Lipinski definition) is 3. The number of halogens is 2. The van der Waals surface area contributed by atoms with Crippen LogP contribution >= 0.6 is 39.3 Å². The highest BCUT2D eigenvalue weighted by molar-refractivity contribution is 9.10. The molecule has 0 aliphatic heterocycles. The van der Waals surface area contributed by atoms with Crippen molar-refractivity contribution in [3.63, 3.8) is 0 Å². The molecule has 0 aliphatic carbocycles. The Morgan fingerprint density at radius 1 is 1.33 bits per heavy atom. The maximum atomic E-state index is 11.3. The number of nitrogens with zero attached hydrogens (tertiary/aromatic N) is 1. The predicted octanol–water partition coefficient (Wildman–Crippen LogP) is 4.85. The van der Waals surface area contributed by atoms with Crippen LogP contribution in [0.3, 0.4) is 0 Å². The molecule has 0 unspecified atom stereocenters. The third-order valence-corrected chi connectivity index (χ3v) is 4.42. The van der Waals surface area contributed by atoms with Crippen LogP contribution < -0.4 is 0 Å². The van der Waals surface area contributed by atoms with E-state index < -0.39 is 0 Å². The van der Waals surface area contributed by atoms with Gasteiger partial charge < -0.3 is 0 Å². The number of hydrogen-bond donors (Lipinski definition) is 0. The Morgan fingerprint density at radius 3 is 2.67 bits per heavy atom. The van der Waals surface area contributed by atoms with Gasteiger partial charge in [-0.25, -0.2) is 4.98 Å². The van der Waals surface area contributed by atoms with Crippen LogP contribution in [-0.2, 0) is 0 Å². The minimum atomic E-state index is 0.0527. The molecule has 0 spiro atoms. The first-order valence-electron chi connectivity index (χ1n) is 5.16. The maximum absolute atomic E-state index is 11.3. The highest BCUT2D eigenvalue weighted by atomic mass is 79.9. The van der Waals surface area contributed by atoms with Crippen molar-refractivity contribution in [2.75, 3.05) is 0 Å². The van der Waals surface area contributed by atoms with E-state index >= 15 is 0 Å². The van der Waals surface area contributed by atoms with E-state index in [1.165, 1.54) is 11.8 Å². The van der Waals surface area contributed by atoms with Gasteiger partial charge in [-0.2, -0.15) is 0 Å². The van der Waals surface area contributed by atoms with Crippen molar-refractivity contribution in [1.29, 1.82) is 0 Å². The highest BCUT2D eigenvalue weighted by Gasteiger charge is 2.07. The molecule has 18 heavy (non-hydrogen) atoms. The molecule has 2 nitrogen and oxygen atoms in total. The third kappa shape index (κ3) is 3.34. The zero-order valence-electron chi connectivity index (χ0n) is 9.48. The first-order chi connectivity index (χ1) is 8.56. The molecule has 1 heterocycles. The monoisotopic (exact) mass is 341 g/mol. The fraction of sp³-hybridized carbons (Fsp3) is 0.0769. The Labute approximate surface area is 123 Å². The Kier molecular flexibility index (Phi) is 4.43. The SMILES string of the molecule is CC(=O)c1ccc(Sc2ccc(Cl)cn2)c(Br)c1. The zero-order chi connectivity index (χ0) is 13.1. The lowest BCUT2D eigenvalue weighted by atomic mass is 10.2. The van der Waals surface area contributed by atoms with Gasteiger partial charge in [-0.1, -0.05) is 29.4 Å². The Balaban J connectivity index is 2.24. The van der Waals surface area contributed by atoms with E-state index in [9.17, 15) is 4.79 Å². The van der Waals surface area contributed by atoms with Crippen LogP contribution in [0.2, 0.25) is 5.02 Å². The van der Waals surface area contributed by atoms with E-state index in [0.717, 1.165) is 14.4 Å². The summed E-state index contributed by atoms with van der Waals surface area (Å²) in [6, 6.07) is 9.20. The van der Waals surface area contributed by atoms with Gasteiger partial charge in [0.1, 0.15) is 5.03 Å². The Bertz CT molecular complexity index is 586. The molecule has 2 aromatic rings. The lowest BCUT2D eigenvalue weighted by Crippen LogP contribution is -1.91. The van der Waals surface area contributed by atoms with Crippen molar-refractivity contribution < 1.29 is 4.79 Å². The number of rotatable bonds is 3. The van der Waals surface area contributed by atoms with E-state index in [0.29, 0.717) is 10.6 Å². The van der Waals surface area contributed by atoms with Crippen molar-refractivity contribution >= 4 is 45.1 Å².